The molecular weight excluding hydrogens is 272 g/mol. The minimum atomic E-state index is -3.73. The first-order valence-corrected chi connectivity index (χ1v) is 8.02. The van der Waals surface area contributed by atoms with Crippen molar-refractivity contribution in [3.63, 3.8) is 0 Å². The highest BCUT2D eigenvalue weighted by Crippen LogP contribution is 2.20. The van der Waals surface area contributed by atoms with Crippen LogP contribution >= 0.6 is 11.3 Å². The highest BCUT2D eigenvalue weighted by Gasteiger charge is 2.22. The Balaban J connectivity index is 2.83. The molecule has 0 radical (unpaired) electrons. The smallest absolute Gasteiger partial charge is 0.252 e. The van der Waals surface area contributed by atoms with E-state index in [1.165, 1.54) is 11.4 Å². The van der Waals surface area contributed by atoms with Crippen LogP contribution in [0.4, 0.5) is 0 Å². The molecule has 0 unspecified atom stereocenters. The van der Waals surface area contributed by atoms with E-state index in [9.17, 15) is 13.2 Å². The van der Waals surface area contributed by atoms with E-state index in [1.807, 2.05) is 20.8 Å². The third-order valence-corrected chi connectivity index (χ3v) is 4.83. The maximum absolute atomic E-state index is 11.9. The second kappa shape index (κ2) is 5.38. The van der Waals surface area contributed by atoms with Gasteiger partial charge in [-0.2, -0.15) is 0 Å². The van der Waals surface area contributed by atoms with Crippen molar-refractivity contribution in [1.29, 1.82) is 0 Å². The summed E-state index contributed by atoms with van der Waals surface area (Å²) in [5.74, 6) is -0.278. The first-order chi connectivity index (χ1) is 8.15. The van der Waals surface area contributed by atoms with E-state index in [0.717, 1.165) is 24.2 Å². The zero-order chi connectivity index (χ0) is 14.0. The van der Waals surface area contributed by atoms with Crippen molar-refractivity contribution in [2.75, 3.05) is 0 Å². The molecule has 1 amide bonds. The Morgan fingerprint density at radius 3 is 2.56 bits per heavy atom. The Morgan fingerprint density at radius 2 is 2.11 bits per heavy atom. The number of carbonyl (C=O) groups excluding carboxylic acids is 1. The average molecular weight is 290 g/mol. The maximum atomic E-state index is 11.9. The van der Waals surface area contributed by atoms with Crippen molar-refractivity contribution >= 4 is 27.3 Å². The van der Waals surface area contributed by atoms with Gasteiger partial charge in [0.15, 0.2) is 0 Å². The van der Waals surface area contributed by atoms with Gasteiger partial charge in [0.2, 0.25) is 10.0 Å². The third kappa shape index (κ3) is 4.08. The molecule has 102 valence electrons. The summed E-state index contributed by atoms with van der Waals surface area (Å²) < 4.78 is 22.2. The monoisotopic (exact) mass is 290 g/mol. The third-order valence-electron chi connectivity index (χ3n) is 2.44. The van der Waals surface area contributed by atoms with Crippen molar-refractivity contribution in [2.45, 2.75) is 43.4 Å². The van der Waals surface area contributed by atoms with Crippen molar-refractivity contribution in [2.24, 2.45) is 5.14 Å². The van der Waals surface area contributed by atoms with Crippen LogP contribution in [0.5, 0.6) is 0 Å². The molecule has 0 saturated carbocycles. The molecule has 0 aliphatic rings. The van der Waals surface area contributed by atoms with Gasteiger partial charge in [0.25, 0.3) is 5.91 Å². The van der Waals surface area contributed by atoms with E-state index in [0.29, 0.717) is 5.56 Å². The molecule has 1 aromatic rings. The van der Waals surface area contributed by atoms with Crippen molar-refractivity contribution in [3.8, 4) is 0 Å². The molecule has 3 N–H and O–H groups in total. The van der Waals surface area contributed by atoms with Gasteiger partial charge in [0.1, 0.15) is 4.21 Å². The number of primary sulfonamides is 1. The lowest BCUT2D eigenvalue weighted by Gasteiger charge is -2.25. The number of rotatable bonds is 5. The van der Waals surface area contributed by atoms with Crippen LogP contribution in [0.3, 0.4) is 0 Å². The van der Waals surface area contributed by atoms with Crippen LogP contribution in [0.2, 0.25) is 0 Å². The fourth-order valence-corrected chi connectivity index (χ4v) is 3.24. The van der Waals surface area contributed by atoms with Crippen molar-refractivity contribution in [3.05, 3.63) is 17.0 Å². The van der Waals surface area contributed by atoms with Gasteiger partial charge >= 0.3 is 0 Å². The van der Waals surface area contributed by atoms with Gasteiger partial charge in [-0.05, 0) is 26.3 Å². The molecule has 18 heavy (non-hydrogen) atoms. The number of carbonyl (C=O) groups is 1. The fraction of sp³-hybridized carbons (Fsp3) is 0.545. The standard InChI is InChI=1S/C11H18N2O3S2/c1-4-5-11(2,3)13-10(14)8-6-9(17-7-8)18(12,15)16/h6-7H,4-5H2,1-3H3,(H,13,14)(H2,12,15,16). The lowest BCUT2D eigenvalue weighted by molar-refractivity contribution is 0.0909. The fourth-order valence-electron chi connectivity index (χ4n) is 1.65. The largest absolute Gasteiger partial charge is 0.347 e. The summed E-state index contributed by atoms with van der Waals surface area (Å²) in [4.78, 5) is 11.9. The highest BCUT2D eigenvalue weighted by atomic mass is 32.2. The van der Waals surface area contributed by atoms with Gasteiger partial charge < -0.3 is 5.32 Å². The summed E-state index contributed by atoms with van der Waals surface area (Å²) in [6.45, 7) is 5.90. The number of hydrogen-bond acceptors (Lipinski definition) is 4. The maximum Gasteiger partial charge on any atom is 0.252 e. The summed E-state index contributed by atoms with van der Waals surface area (Å²) in [6, 6.07) is 1.30. The lowest BCUT2D eigenvalue weighted by Crippen LogP contribution is -2.43. The van der Waals surface area contributed by atoms with Gasteiger partial charge in [-0.3, -0.25) is 4.79 Å². The summed E-state index contributed by atoms with van der Waals surface area (Å²) in [5.41, 5.74) is 0.0170. The number of thiophene rings is 1. The Morgan fingerprint density at radius 1 is 1.50 bits per heavy atom. The predicted octanol–water partition coefficient (Wildman–Crippen LogP) is 1.70. The molecule has 1 heterocycles. The topological polar surface area (TPSA) is 89.3 Å². The van der Waals surface area contributed by atoms with E-state index in [1.54, 1.807) is 0 Å². The molecular formula is C11H18N2O3S2. The molecule has 1 aromatic heterocycles. The first-order valence-electron chi connectivity index (χ1n) is 5.59. The molecule has 1 rings (SSSR count). The summed E-state index contributed by atoms with van der Waals surface area (Å²) in [5, 5.41) is 9.36. The molecule has 0 aliphatic carbocycles. The SMILES string of the molecule is CCCC(C)(C)NC(=O)c1csc(S(N)(=O)=O)c1. The molecule has 7 heteroatoms. The van der Waals surface area contributed by atoms with Crippen molar-refractivity contribution in [1.82, 2.24) is 5.32 Å². The van der Waals surface area contributed by atoms with Crippen LogP contribution in [0.25, 0.3) is 0 Å². The molecule has 0 spiro atoms. The van der Waals surface area contributed by atoms with Gasteiger partial charge in [-0.25, -0.2) is 13.6 Å². The lowest BCUT2D eigenvalue weighted by atomic mass is 9.98. The normalized spacial score (nSPS) is 12.4. The minimum absolute atomic E-state index is 0.000877. The van der Waals surface area contributed by atoms with E-state index >= 15 is 0 Å². The Labute approximate surface area is 111 Å². The second-order valence-electron chi connectivity index (χ2n) is 4.79. The molecule has 0 atom stereocenters. The quantitative estimate of drug-likeness (QED) is 0.865. The molecule has 0 fully saturated rings. The first kappa shape index (κ1) is 15.1. The molecule has 0 aromatic carbocycles. The van der Waals surface area contributed by atoms with Gasteiger partial charge in [0, 0.05) is 10.9 Å². The van der Waals surface area contributed by atoms with E-state index in [4.69, 9.17) is 5.14 Å². The van der Waals surface area contributed by atoms with Crippen LogP contribution in [0.1, 0.15) is 44.0 Å². The summed E-state index contributed by atoms with van der Waals surface area (Å²) in [7, 11) is -3.73. The zero-order valence-corrected chi connectivity index (χ0v) is 12.3. The molecule has 0 saturated heterocycles. The Hall–Kier alpha value is -0.920. The predicted molar refractivity (Wildman–Crippen MR) is 72.1 cm³/mol. The van der Waals surface area contributed by atoms with Crippen molar-refractivity contribution < 1.29 is 13.2 Å². The van der Waals surface area contributed by atoms with Crippen LogP contribution in [0, 0.1) is 0 Å². The zero-order valence-electron chi connectivity index (χ0n) is 10.7. The molecule has 0 bridgehead atoms. The number of sulfonamides is 1. The van der Waals surface area contributed by atoms with Crippen LogP contribution in [0.15, 0.2) is 15.7 Å². The number of nitrogens with two attached hydrogens (primary N) is 1. The Bertz CT molecular complexity index is 532. The van der Waals surface area contributed by atoms with E-state index in [2.05, 4.69) is 5.32 Å². The van der Waals surface area contributed by atoms with Gasteiger partial charge in [-0.15, -0.1) is 11.3 Å². The number of nitrogens with one attached hydrogen (secondary N) is 1. The van der Waals surface area contributed by atoms with Crippen LogP contribution in [-0.2, 0) is 10.0 Å². The van der Waals surface area contributed by atoms with E-state index < -0.39 is 10.0 Å². The second-order valence-corrected chi connectivity index (χ2v) is 7.49. The molecule has 5 nitrogen and oxygen atoms in total. The van der Waals surface area contributed by atoms with E-state index in [-0.39, 0.29) is 15.7 Å². The van der Waals surface area contributed by atoms with Gasteiger partial charge in [-0.1, -0.05) is 13.3 Å². The summed E-state index contributed by atoms with van der Waals surface area (Å²) >= 11 is 0.950. The highest BCUT2D eigenvalue weighted by molar-refractivity contribution is 7.91. The Kier molecular flexibility index (Phi) is 4.52. The van der Waals surface area contributed by atoms with Crippen LogP contribution in [-0.4, -0.2) is 19.9 Å². The number of amides is 1. The van der Waals surface area contributed by atoms with Crippen LogP contribution < -0.4 is 10.5 Å². The summed E-state index contributed by atoms with van der Waals surface area (Å²) in [6.07, 6.45) is 1.81. The minimum Gasteiger partial charge on any atom is -0.347 e. The molecule has 0 aliphatic heterocycles. The average Bonchev–Trinajstić information content (AvgIpc) is 2.63. The van der Waals surface area contributed by atoms with Gasteiger partial charge in [0.05, 0.1) is 5.56 Å². The number of hydrogen-bond donors (Lipinski definition) is 2.